The van der Waals surface area contributed by atoms with Gasteiger partial charge in [0.25, 0.3) is 5.91 Å². The molecule has 0 aromatic heterocycles. The maximum Gasteiger partial charge on any atom is 0.407 e. The Morgan fingerprint density at radius 1 is 1.09 bits per heavy atom. The molecule has 2 bridgehead atoms. The van der Waals surface area contributed by atoms with Gasteiger partial charge >= 0.3 is 12.1 Å². The van der Waals surface area contributed by atoms with Gasteiger partial charge in [-0.3, -0.25) is 4.79 Å². The van der Waals surface area contributed by atoms with Crippen LogP contribution in [0.1, 0.15) is 36.8 Å². The third kappa shape index (κ3) is 3.43. The van der Waals surface area contributed by atoms with E-state index in [1.165, 1.54) is 4.90 Å². The molecule has 2 aliphatic heterocycles. The molecule has 1 saturated carbocycles. The van der Waals surface area contributed by atoms with E-state index in [0.29, 0.717) is 19.4 Å². The molecule has 6 rings (SSSR count). The van der Waals surface area contributed by atoms with Crippen LogP contribution in [0.4, 0.5) is 4.79 Å². The van der Waals surface area contributed by atoms with Crippen molar-refractivity contribution < 1.29 is 24.2 Å². The van der Waals surface area contributed by atoms with Gasteiger partial charge in [0, 0.05) is 12.5 Å². The molecule has 3 fully saturated rings. The molecule has 7 nitrogen and oxygen atoms in total. The normalized spacial score (nSPS) is 24.1. The fourth-order valence-corrected chi connectivity index (χ4v) is 5.68. The van der Waals surface area contributed by atoms with E-state index in [1.54, 1.807) is 0 Å². The van der Waals surface area contributed by atoms with E-state index in [2.05, 4.69) is 29.3 Å². The second-order valence-corrected chi connectivity index (χ2v) is 9.37. The quantitative estimate of drug-likeness (QED) is 0.707. The minimum Gasteiger partial charge on any atom is -0.479 e. The monoisotopic (exact) mass is 444 g/mol. The fourth-order valence-electron chi connectivity index (χ4n) is 5.68. The van der Waals surface area contributed by atoms with Gasteiger partial charge in [-0.1, -0.05) is 61.4 Å². The molecule has 2 aromatic carbocycles. The highest BCUT2D eigenvalue weighted by Crippen LogP contribution is 2.59. The Hall–Kier alpha value is -3.79. The van der Waals surface area contributed by atoms with Gasteiger partial charge in [0.2, 0.25) is 0 Å². The third-order valence-corrected chi connectivity index (χ3v) is 7.00. The molecular formula is C26H24N2O5. The van der Waals surface area contributed by atoms with E-state index in [1.807, 2.05) is 43.3 Å². The van der Waals surface area contributed by atoms with Crippen molar-refractivity contribution >= 4 is 18.0 Å². The van der Waals surface area contributed by atoms with Crippen molar-refractivity contribution in [2.45, 2.75) is 31.2 Å². The molecule has 2 N–H and O–H groups in total. The first-order valence-corrected chi connectivity index (χ1v) is 11.0. The van der Waals surface area contributed by atoms with E-state index in [-0.39, 0.29) is 24.5 Å². The molecule has 2 heterocycles. The number of nitrogens with zero attached hydrogens (tertiary/aromatic N) is 1. The molecule has 4 aliphatic rings. The summed E-state index contributed by atoms with van der Waals surface area (Å²) in [5, 5.41) is 12.1. The van der Waals surface area contributed by atoms with Crippen LogP contribution in [0, 0.1) is 17.3 Å². The fraction of sp³-hybridized carbons (Fsp3) is 0.346. The average Bonchev–Trinajstić information content (AvgIpc) is 3.39. The maximum absolute atomic E-state index is 12.5. The number of rotatable bonds is 4. The third-order valence-electron chi connectivity index (χ3n) is 7.00. The molecule has 7 heteroatoms. The zero-order valence-corrected chi connectivity index (χ0v) is 18.3. The standard InChI is InChI=1S/C26H24N2O5/c1-25-14-26(15-25,23(30)31)28(16-25)22(29)11-6-12-27-24(32)33-13-21-19-9-4-2-7-17(19)18-8-3-5-10-20(18)21/h2-5,7-10,21H,12-16H2,1H3,(H,27,32)(H,30,31). The lowest BCUT2D eigenvalue weighted by atomic mass is 9.63. The van der Waals surface area contributed by atoms with E-state index in [0.717, 1.165) is 22.3 Å². The van der Waals surface area contributed by atoms with E-state index >= 15 is 0 Å². The highest BCUT2D eigenvalue weighted by molar-refractivity contribution is 5.99. The van der Waals surface area contributed by atoms with Gasteiger partial charge in [-0.15, -0.1) is 0 Å². The second-order valence-electron chi connectivity index (χ2n) is 9.37. The summed E-state index contributed by atoms with van der Waals surface area (Å²) in [5.41, 5.74) is 3.29. The van der Waals surface area contributed by atoms with Crippen molar-refractivity contribution in [1.29, 1.82) is 0 Å². The Balaban J connectivity index is 1.15. The molecule has 33 heavy (non-hydrogen) atoms. The predicted molar refractivity (Wildman–Crippen MR) is 120 cm³/mol. The minimum absolute atomic E-state index is 0.0361. The second kappa shape index (κ2) is 7.66. The van der Waals surface area contributed by atoms with Gasteiger partial charge < -0.3 is 20.1 Å². The Morgan fingerprint density at radius 3 is 2.30 bits per heavy atom. The van der Waals surface area contributed by atoms with Crippen molar-refractivity contribution in [3.8, 4) is 23.0 Å². The number of carbonyl (C=O) groups excluding carboxylic acids is 2. The number of fused-ring (bicyclic) bond motifs is 4. The minimum atomic E-state index is -1.12. The summed E-state index contributed by atoms with van der Waals surface area (Å²) >= 11 is 0. The van der Waals surface area contributed by atoms with Crippen LogP contribution >= 0.6 is 0 Å². The van der Waals surface area contributed by atoms with Crippen LogP contribution in [-0.2, 0) is 14.3 Å². The van der Waals surface area contributed by atoms with E-state index < -0.39 is 23.5 Å². The van der Waals surface area contributed by atoms with Crippen LogP contribution in [-0.4, -0.2) is 53.2 Å². The Morgan fingerprint density at radius 2 is 1.70 bits per heavy atom. The number of aliphatic carboxylic acids is 1. The number of hydrogen-bond acceptors (Lipinski definition) is 4. The van der Waals surface area contributed by atoms with E-state index in [4.69, 9.17) is 4.74 Å². The highest BCUT2D eigenvalue weighted by Gasteiger charge is 2.68. The van der Waals surface area contributed by atoms with Crippen LogP contribution in [0.3, 0.4) is 0 Å². The first-order valence-electron chi connectivity index (χ1n) is 11.0. The van der Waals surface area contributed by atoms with Gasteiger partial charge in [-0.2, -0.15) is 0 Å². The SMILES string of the molecule is CC12CN(C(=O)C#CCNC(=O)OCC3c4ccccc4-c4ccccc43)C(C(=O)O)(C1)C2. The van der Waals surface area contributed by atoms with Crippen molar-refractivity contribution in [3.63, 3.8) is 0 Å². The molecule has 168 valence electrons. The number of ether oxygens (including phenoxy) is 1. The highest BCUT2D eigenvalue weighted by atomic mass is 16.5. The number of carboxylic acids is 1. The number of benzene rings is 2. The van der Waals surface area contributed by atoms with Crippen LogP contribution < -0.4 is 5.32 Å². The zero-order chi connectivity index (χ0) is 23.2. The lowest BCUT2D eigenvalue weighted by Gasteiger charge is -2.42. The Kier molecular flexibility index (Phi) is 4.89. The summed E-state index contributed by atoms with van der Waals surface area (Å²) < 4.78 is 5.44. The first-order chi connectivity index (χ1) is 15.8. The number of carbonyl (C=O) groups is 3. The van der Waals surface area contributed by atoms with Gasteiger partial charge in [-0.05, 0) is 46.4 Å². The topological polar surface area (TPSA) is 95.9 Å². The number of hydrogen-bond donors (Lipinski definition) is 2. The van der Waals surface area contributed by atoms with Gasteiger partial charge in [0.15, 0.2) is 0 Å². The predicted octanol–water partition coefficient (Wildman–Crippen LogP) is 2.99. The van der Waals surface area contributed by atoms with Gasteiger partial charge in [0.1, 0.15) is 12.1 Å². The summed E-state index contributed by atoms with van der Waals surface area (Å²) in [6.07, 6.45) is 0.304. The molecule has 0 unspecified atom stereocenters. The molecule has 0 spiro atoms. The molecule has 2 saturated heterocycles. The van der Waals surface area contributed by atoms with Crippen molar-refractivity contribution in [3.05, 3.63) is 59.7 Å². The maximum atomic E-state index is 12.5. The summed E-state index contributed by atoms with van der Waals surface area (Å²) in [4.78, 5) is 37.7. The molecule has 0 atom stereocenters. The number of alkyl carbamates (subject to hydrolysis) is 1. The smallest absolute Gasteiger partial charge is 0.407 e. The largest absolute Gasteiger partial charge is 0.479 e. The van der Waals surface area contributed by atoms with Crippen molar-refractivity contribution in [2.24, 2.45) is 5.41 Å². The number of carboxylic acid groups (broad SMARTS) is 1. The van der Waals surface area contributed by atoms with Gasteiger partial charge in [-0.25, -0.2) is 9.59 Å². The van der Waals surface area contributed by atoms with Crippen LogP contribution in [0.2, 0.25) is 0 Å². The molecule has 2 amide bonds. The zero-order valence-electron chi connectivity index (χ0n) is 18.3. The van der Waals surface area contributed by atoms with Crippen molar-refractivity contribution in [1.82, 2.24) is 10.2 Å². The lowest BCUT2D eigenvalue weighted by Crippen LogP contribution is -2.56. The Bertz CT molecular complexity index is 1170. The molecule has 2 aromatic rings. The van der Waals surface area contributed by atoms with E-state index in [9.17, 15) is 19.5 Å². The van der Waals surface area contributed by atoms with Crippen LogP contribution in [0.15, 0.2) is 48.5 Å². The van der Waals surface area contributed by atoms with Crippen LogP contribution in [0.5, 0.6) is 0 Å². The molecule has 2 aliphatic carbocycles. The molecular weight excluding hydrogens is 420 g/mol. The van der Waals surface area contributed by atoms with Gasteiger partial charge in [0.05, 0.1) is 6.54 Å². The number of amides is 2. The summed E-state index contributed by atoms with van der Waals surface area (Å²) in [6.45, 7) is 2.51. The first kappa shape index (κ1) is 21.1. The summed E-state index contributed by atoms with van der Waals surface area (Å²) in [7, 11) is 0. The average molecular weight is 444 g/mol. The summed E-state index contributed by atoms with van der Waals surface area (Å²) in [5.74, 6) is 3.54. The number of nitrogens with one attached hydrogen (secondary N) is 1. The summed E-state index contributed by atoms with van der Waals surface area (Å²) in [6, 6.07) is 16.2. The molecule has 0 radical (unpaired) electrons. The lowest BCUT2D eigenvalue weighted by molar-refractivity contribution is -0.158. The Labute approximate surface area is 191 Å². The van der Waals surface area contributed by atoms with Crippen LogP contribution in [0.25, 0.3) is 11.1 Å². The van der Waals surface area contributed by atoms with Crippen molar-refractivity contribution in [2.75, 3.05) is 19.7 Å².